The molecule has 13 heavy (non-hydrogen) atoms. The van der Waals surface area contributed by atoms with E-state index in [9.17, 15) is 4.79 Å². The molecule has 0 aliphatic carbocycles. The van der Waals surface area contributed by atoms with E-state index in [4.69, 9.17) is 5.11 Å². The van der Waals surface area contributed by atoms with Gasteiger partial charge in [-0.15, -0.1) is 11.3 Å². The molecule has 0 spiro atoms. The van der Waals surface area contributed by atoms with Gasteiger partial charge in [0.25, 0.3) is 5.91 Å². The fourth-order valence-electron chi connectivity index (χ4n) is 0.777. The Morgan fingerprint density at radius 3 is 3.08 bits per heavy atom. The van der Waals surface area contributed by atoms with Crippen LogP contribution in [0.2, 0.25) is 0 Å². The van der Waals surface area contributed by atoms with Crippen molar-refractivity contribution in [2.45, 2.75) is 0 Å². The highest BCUT2D eigenvalue weighted by atomic mass is 32.1. The number of hydrogen-bond donors (Lipinski definition) is 2. The maximum absolute atomic E-state index is 11.1. The zero-order valence-corrected chi connectivity index (χ0v) is 7.94. The predicted octanol–water partition coefficient (Wildman–Crippen LogP) is 0.452. The fraction of sp³-hybridized carbons (Fsp3) is 0.222. The van der Waals surface area contributed by atoms with Crippen molar-refractivity contribution in [3.05, 3.63) is 21.9 Å². The van der Waals surface area contributed by atoms with Crippen LogP contribution >= 0.6 is 11.3 Å². The Bertz CT molecular complexity index is 359. The van der Waals surface area contributed by atoms with E-state index in [0.717, 1.165) is 4.88 Å². The molecular weight excluding hydrogens is 186 g/mol. The normalized spacial score (nSPS) is 8.77. The zero-order valence-electron chi connectivity index (χ0n) is 7.13. The molecule has 0 radical (unpaired) electrons. The van der Waals surface area contributed by atoms with Crippen LogP contribution in [-0.4, -0.2) is 24.7 Å². The minimum atomic E-state index is -0.160. The molecule has 0 unspecified atom stereocenters. The molecule has 0 aliphatic heterocycles. The Labute approximate surface area is 80.4 Å². The Balaban J connectivity index is 2.80. The number of hydrogen-bond acceptors (Lipinski definition) is 3. The van der Waals surface area contributed by atoms with Crippen molar-refractivity contribution < 1.29 is 9.90 Å². The van der Waals surface area contributed by atoms with E-state index in [1.807, 2.05) is 0 Å². The van der Waals surface area contributed by atoms with E-state index >= 15 is 0 Å². The second-order valence-electron chi connectivity index (χ2n) is 2.20. The Morgan fingerprint density at radius 1 is 1.69 bits per heavy atom. The van der Waals surface area contributed by atoms with E-state index in [-0.39, 0.29) is 12.5 Å². The number of carbonyl (C=O) groups excluding carboxylic acids is 1. The second kappa shape index (κ2) is 4.65. The number of rotatable bonds is 1. The Morgan fingerprint density at radius 2 is 2.46 bits per heavy atom. The van der Waals surface area contributed by atoms with Gasteiger partial charge in [-0.25, -0.2) is 0 Å². The molecule has 68 valence electrons. The lowest BCUT2D eigenvalue weighted by atomic mass is 10.4. The first-order chi connectivity index (χ1) is 6.27. The number of thiophene rings is 1. The maximum Gasteiger partial charge on any atom is 0.261 e. The third kappa shape index (κ3) is 2.58. The van der Waals surface area contributed by atoms with Crippen molar-refractivity contribution in [1.82, 2.24) is 5.32 Å². The molecular formula is C9H9NO2S. The summed E-state index contributed by atoms with van der Waals surface area (Å²) >= 11 is 1.31. The summed E-state index contributed by atoms with van der Waals surface area (Å²) in [7, 11) is 1.58. The van der Waals surface area contributed by atoms with Crippen LogP contribution in [0.3, 0.4) is 0 Å². The van der Waals surface area contributed by atoms with Gasteiger partial charge in [-0.1, -0.05) is 11.8 Å². The van der Waals surface area contributed by atoms with Crippen LogP contribution in [0.4, 0.5) is 0 Å². The fourth-order valence-corrected chi connectivity index (χ4v) is 1.60. The molecule has 0 atom stereocenters. The number of aliphatic hydroxyl groups is 1. The standard InChI is InChI=1S/C9H9NO2S/c1-10-9(12)8-5-4-7(13-8)3-2-6-11/h4-5,11H,6H2,1H3,(H,10,12). The molecule has 1 aromatic rings. The number of nitrogens with one attached hydrogen (secondary N) is 1. The molecule has 1 aromatic heterocycles. The van der Waals surface area contributed by atoms with E-state index in [2.05, 4.69) is 17.2 Å². The topological polar surface area (TPSA) is 49.3 Å². The van der Waals surface area contributed by atoms with Gasteiger partial charge in [0.15, 0.2) is 0 Å². The average Bonchev–Trinajstić information content (AvgIpc) is 2.62. The van der Waals surface area contributed by atoms with Crippen molar-refractivity contribution >= 4 is 17.2 Å². The minimum Gasteiger partial charge on any atom is -0.384 e. The molecule has 0 aromatic carbocycles. The largest absolute Gasteiger partial charge is 0.384 e. The Hall–Kier alpha value is -1.31. The van der Waals surface area contributed by atoms with E-state index in [1.165, 1.54) is 11.3 Å². The van der Waals surface area contributed by atoms with Gasteiger partial charge in [0.1, 0.15) is 6.61 Å². The van der Waals surface area contributed by atoms with Crippen molar-refractivity contribution in [2.75, 3.05) is 13.7 Å². The van der Waals surface area contributed by atoms with Gasteiger partial charge in [0.2, 0.25) is 0 Å². The van der Waals surface area contributed by atoms with E-state index in [1.54, 1.807) is 19.2 Å². The first-order valence-corrected chi connectivity index (χ1v) is 4.51. The third-order valence-electron chi connectivity index (χ3n) is 1.35. The van der Waals surface area contributed by atoms with Gasteiger partial charge in [-0.3, -0.25) is 4.79 Å². The lowest BCUT2D eigenvalue weighted by molar-refractivity contribution is 0.0967. The second-order valence-corrected chi connectivity index (χ2v) is 3.29. The van der Waals surface area contributed by atoms with Gasteiger partial charge in [0, 0.05) is 7.05 Å². The van der Waals surface area contributed by atoms with Gasteiger partial charge in [0.05, 0.1) is 9.75 Å². The van der Waals surface area contributed by atoms with Crippen LogP contribution < -0.4 is 5.32 Å². The lowest BCUT2D eigenvalue weighted by Gasteiger charge is -1.91. The molecule has 1 amide bonds. The van der Waals surface area contributed by atoms with Crippen LogP contribution in [0.25, 0.3) is 0 Å². The molecule has 0 bridgehead atoms. The summed E-state index contributed by atoms with van der Waals surface area (Å²) in [6.07, 6.45) is 0. The number of aliphatic hydroxyl groups excluding tert-OH is 1. The molecule has 0 saturated heterocycles. The summed E-state index contributed by atoms with van der Waals surface area (Å²) in [6.45, 7) is -0.160. The van der Waals surface area contributed by atoms with Gasteiger partial charge in [-0.05, 0) is 12.1 Å². The van der Waals surface area contributed by atoms with Crippen molar-refractivity contribution in [2.24, 2.45) is 0 Å². The molecule has 1 rings (SSSR count). The summed E-state index contributed by atoms with van der Waals surface area (Å²) in [5.41, 5.74) is 0. The molecule has 0 fully saturated rings. The zero-order chi connectivity index (χ0) is 9.68. The van der Waals surface area contributed by atoms with Crippen molar-refractivity contribution in [3.8, 4) is 11.8 Å². The SMILES string of the molecule is CNC(=O)c1ccc(C#CCO)s1. The summed E-state index contributed by atoms with van der Waals surface area (Å²) in [5.74, 6) is 5.14. The van der Waals surface area contributed by atoms with Gasteiger partial charge < -0.3 is 10.4 Å². The predicted molar refractivity (Wildman–Crippen MR) is 51.7 cm³/mol. The first kappa shape index (κ1) is 9.78. The highest BCUT2D eigenvalue weighted by Gasteiger charge is 2.04. The number of amides is 1. The highest BCUT2D eigenvalue weighted by molar-refractivity contribution is 7.14. The molecule has 0 aliphatic rings. The molecule has 2 N–H and O–H groups in total. The van der Waals surface area contributed by atoms with Crippen molar-refractivity contribution in [3.63, 3.8) is 0 Å². The lowest BCUT2D eigenvalue weighted by Crippen LogP contribution is -2.15. The molecule has 1 heterocycles. The molecule has 3 nitrogen and oxygen atoms in total. The maximum atomic E-state index is 11.1. The van der Waals surface area contributed by atoms with Crippen molar-refractivity contribution in [1.29, 1.82) is 0 Å². The van der Waals surface area contributed by atoms with E-state index < -0.39 is 0 Å². The first-order valence-electron chi connectivity index (χ1n) is 3.69. The van der Waals surface area contributed by atoms with Gasteiger partial charge in [-0.2, -0.15) is 0 Å². The smallest absolute Gasteiger partial charge is 0.261 e. The third-order valence-corrected chi connectivity index (χ3v) is 2.35. The van der Waals surface area contributed by atoms with E-state index in [0.29, 0.717) is 4.88 Å². The Kier molecular flexibility index (Phi) is 3.50. The molecule has 0 saturated carbocycles. The average molecular weight is 195 g/mol. The molecule has 4 heteroatoms. The highest BCUT2D eigenvalue weighted by Crippen LogP contribution is 2.14. The summed E-state index contributed by atoms with van der Waals surface area (Å²) in [4.78, 5) is 12.5. The van der Waals surface area contributed by atoms with Crippen LogP contribution in [0.1, 0.15) is 14.5 Å². The quantitative estimate of drug-likeness (QED) is 0.639. The number of carbonyl (C=O) groups is 1. The summed E-state index contributed by atoms with van der Waals surface area (Å²) in [5, 5.41) is 11.0. The summed E-state index contributed by atoms with van der Waals surface area (Å²) in [6, 6.07) is 3.47. The van der Waals surface area contributed by atoms with Gasteiger partial charge >= 0.3 is 0 Å². The summed E-state index contributed by atoms with van der Waals surface area (Å²) < 4.78 is 0. The van der Waals surface area contributed by atoms with Crippen LogP contribution in [0.15, 0.2) is 12.1 Å². The van der Waals surface area contributed by atoms with Crippen LogP contribution in [0.5, 0.6) is 0 Å². The van der Waals surface area contributed by atoms with Crippen LogP contribution in [-0.2, 0) is 0 Å². The van der Waals surface area contributed by atoms with Crippen LogP contribution in [0, 0.1) is 11.8 Å². The monoisotopic (exact) mass is 195 g/mol. The minimum absolute atomic E-state index is 0.109.